The highest BCUT2D eigenvalue weighted by Gasteiger charge is 2.21. The quantitative estimate of drug-likeness (QED) is 0.286. The van der Waals surface area contributed by atoms with Crippen LogP contribution in [0.2, 0.25) is 0 Å². The number of ether oxygens (including phenoxy) is 1. The lowest BCUT2D eigenvalue weighted by atomic mass is 10.2. The third kappa shape index (κ3) is 8.94. The molecule has 1 amide bonds. The largest absolute Gasteiger partial charge is 0.480 e. The number of carbonyl (C=O) groups excluding carboxylic acids is 1. The second-order valence-electron chi connectivity index (χ2n) is 4.12. The molecule has 7 nitrogen and oxygen atoms in total. The van der Waals surface area contributed by atoms with Crippen molar-refractivity contribution in [1.29, 1.82) is 5.26 Å². The number of methoxy groups -OCH3 is 1. The predicted octanol–water partition coefficient (Wildman–Crippen LogP) is 0.342. The van der Waals surface area contributed by atoms with Gasteiger partial charge in [-0.15, -0.1) is 0 Å². The second-order valence-corrected chi connectivity index (χ2v) is 5.10. The molecule has 21 heavy (non-hydrogen) atoms. The minimum Gasteiger partial charge on any atom is -0.480 e. The maximum atomic E-state index is 11.8. The topological polar surface area (TPSA) is 111 Å². The van der Waals surface area contributed by atoms with E-state index in [9.17, 15) is 9.59 Å². The van der Waals surface area contributed by atoms with E-state index in [4.69, 9.17) is 15.1 Å². The van der Waals surface area contributed by atoms with E-state index in [1.54, 1.807) is 13.2 Å². The summed E-state index contributed by atoms with van der Waals surface area (Å²) in [7, 11) is 1.59. The Balaban J connectivity index is 4.45. The lowest BCUT2D eigenvalue weighted by Crippen LogP contribution is -2.41. The molecule has 0 aromatic heterocycles. The lowest BCUT2D eigenvalue weighted by molar-refractivity contribution is -0.141. The van der Waals surface area contributed by atoms with Gasteiger partial charge in [0.05, 0.1) is 0 Å². The summed E-state index contributed by atoms with van der Waals surface area (Å²) in [5, 5.41) is 23.1. The van der Waals surface area contributed by atoms with E-state index >= 15 is 0 Å². The van der Waals surface area contributed by atoms with Crippen molar-refractivity contribution >= 4 is 23.6 Å². The van der Waals surface area contributed by atoms with Gasteiger partial charge in [0.25, 0.3) is 5.91 Å². The molecule has 0 aliphatic carbocycles. The van der Waals surface area contributed by atoms with Crippen molar-refractivity contribution < 1.29 is 19.4 Å². The molecule has 0 aliphatic rings. The third-order valence-corrected chi connectivity index (χ3v) is 3.14. The van der Waals surface area contributed by atoms with E-state index in [0.29, 0.717) is 25.3 Å². The van der Waals surface area contributed by atoms with Gasteiger partial charge in [-0.1, -0.05) is 0 Å². The molecule has 0 aromatic carbocycles. The summed E-state index contributed by atoms with van der Waals surface area (Å²) in [5.74, 6) is -1.19. The summed E-state index contributed by atoms with van der Waals surface area (Å²) in [6.45, 7) is 1.13. The summed E-state index contributed by atoms with van der Waals surface area (Å²) in [4.78, 5) is 22.9. The van der Waals surface area contributed by atoms with E-state index in [-0.39, 0.29) is 5.57 Å². The Kier molecular flexibility index (Phi) is 11.1. The molecule has 0 rings (SSSR count). The molecular weight excluding hydrogens is 294 g/mol. The molecular formula is C13H21N3O4S. The van der Waals surface area contributed by atoms with Crippen molar-refractivity contribution in [3.05, 3.63) is 11.8 Å². The Labute approximate surface area is 128 Å². The molecule has 0 spiro atoms. The Morgan fingerprint density at radius 2 is 2.24 bits per heavy atom. The molecule has 0 heterocycles. The van der Waals surface area contributed by atoms with Gasteiger partial charge in [0.15, 0.2) is 0 Å². The first-order chi connectivity index (χ1) is 10.1. The number of carboxylic acid groups (broad SMARTS) is 1. The average Bonchev–Trinajstić information content (AvgIpc) is 2.46. The van der Waals surface area contributed by atoms with Crippen molar-refractivity contribution in [3.63, 3.8) is 0 Å². The number of nitrogens with zero attached hydrogens (tertiary/aromatic N) is 1. The average molecular weight is 315 g/mol. The van der Waals surface area contributed by atoms with Gasteiger partial charge in [-0.05, 0) is 24.9 Å². The second kappa shape index (κ2) is 12.1. The number of aliphatic carboxylic acids is 1. The number of thioether (sulfide) groups is 1. The standard InChI is InChI=1S/C13H21N3O4S/c1-20-6-3-5-15-9-10(8-14)12(17)16-11(13(18)19)4-7-21-2/h9,11,15H,3-7H2,1-2H3,(H,16,17)(H,18,19)/b10-9-. The van der Waals surface area contributed by atoms with Crippen LogP contribution in [-0.4, -0.2) is 55.3 Å². The molecule has 0 saturated heterocycles. The van der Waals surface area contributed by atoms with E-state index in [2.05, 4.69) is 10.6 Å². The van der Waals surface area contributed by atoms with Crippen LogP contribution in [0.4, 0.5) is 0 Å². The Morgan fingerprint density at radius 1 is 1.52 bits per heavy atom. The monoisotopic (exact) mass is 315 g/mol. The summed E-state index contributed by atoms with van der Waals surface area (Å²) in [6.07, 6.45) is 4.19. The molecule has 1 unspecified atom stereocenters. The molecule has 0 bridgehead atoms. The molecule has 0 saturated carbocycles. The van der Waals surface area contributed by atoms with Gasteiger partial charge >= 0.3 is 5.97 Å². The molecule has 0 aliphatic heterocycles. The first-order valence-corrected chi connectivity index (χ1v) is 7.81. The Bertz CT molecular complexity index is 407. The van der Waals surface area contributed by atoms with Gasteiger partial charge < -0.3 is 20.5 Å². The number of rotatable bonds is 11. The van der Waals surface area contributed by atoms with Crippen LogP contribution in [0.25, 0.3) is 0 Å². The van der Waals surface area contributed by atoms with Crippen molar-refractivity contribution in [2.45, 2.75) is 18.9 Å². The number of hydrogen-bond acceptors (Lipinski definition) is 6. The zero-order chi connectivity index (χ0) is 16.1. The number of carboxylic acids is 1. The van der Waals surface area contributed by atoms with Crippen LogP contribution in [0.3, 0.4) is 0 Å². The first-order valence-electron chi connectivity index (χ1n) is 6.42. The molecule has 1 atom stereocenters. The van der Waals surface area contributed by atoms with Crippen LogP contribution in [0, 0.1) is 11.3 Å². The van der Waals surface area contributed by atoms with Crippen LogP contribution in [0.15, 0.2) is 11.8 Å². The molecule has 3 N–H and O–H groups in total. The highest BCUT2D eigenvalue weighted by Crippen LogP contribution is 2.02. The number of amides is 1. The lowest BCUT2D eigenvalue weighted by Gasteiger charge is -2.13. The van der Waals surface area contributed by atoms with E-state index < -0.39 is 17.9 Å². The highest BCUT2D eigenvalue weighted by atomic mass is 32.2. The third-order valence-electron chi connectivity index (χ3n) is 2.50. The van der Waals surface area contributed by atoms with Crippen LogP contribution in [0.5, 0.6) is 0 Å². The van der Waals surface area contributed by atoms with Crippen molar-refractivity contribution in [2.24, 2.45) is 0 Å². The van der Waals surface area contributed by atoms with Gasteiger partial charge in [-0.3, -0.25) is 4.79 Å². The molecule has 0 aromatic rings. The number of carbonyl (C=O) groups is 2. The predicted molar refractivity (Wildman–Crippen MR) is 80.8 cm³/mol. The number of nitriles is 1. The Hall–Kier alpha value is -1.72. The summed E-state index contributed by atoms with van der Waals surface area (Å²) < 4.78 is 4.87. The zero-order valence-corrected chi connectivity index (χ0v) is 13.0. The van der Waals surface area contributed by atoms with Crippen molar-refractivity contribution in [2.75, 3.05) is 32.3 Å². The molecule has 118 valence electrons. The van der Waals surface area contributed by atoms with E-state index in [1.807, 2.05) is 6.26 Å². The fourth-order valence-corrected chi connectivity index (χ4v) is 1.84. The minimum atomic E-state index is -1.11. The molecule has 8 heteroatoms. The number of hydrogen-bond donors (Lipinski definition) is 3. The first kappa shape index (κ1) is 19.3. The van der Waals surface area contributed by atoms with Gasteiger partial charge in [-0.25, -0.2) is 4.79 Å². The number of nitrogens with one attached hydrogen (secondary N) is 2. The normalized spacial score (nSPS) is 12.3. The minimum absolute atomic E-state index is 0.150. The van der Waals surface area contributed by atoms with Crippen LogP contribution in [-0.2, 0) is 14.3 Å². The van der Waals surface area contributed by atoms with Gasteiger partial charge in [0.2, 0.25) is 0 Å². The van der Waals surface area contributed by atoms with Crippen LogP contribution >= 0.6 is 11.8 Å². The van der Waals surface area contributed by atoms with Crippen molar-refractivity contribution in [1.82, 2.24) is 10.6 Å². The fourth-order valence-electron chi connectivity index (χ4n) is 1.37. The van der Waals surface area contributed by atoms with Gasteiger partial charge in [0.1, 0.15) is 17.7 Å². The zero-order valence-electron chi connectivity index (χ0n) is 12.2. The summed E-state index contributed by atoms with van der Waals surface area (Å²) in [5.41, 5.74) is -0.150. The van der Waals surface area contributed by atoms with E-state index in [1.165, 1.54) is 18.0 Å². The highest BCUT2D eigenvalue weighted by molar-refractivity contribution is 7.98. The van der Waals surface area contributed by atoms with Crippen LogP contribution < -0.4 is 10.6 Å². The smallest absolute Gasteiger partial charge is 0.326 e. The maximum absolute atomic E-state index is 11.8. The summed E-state index contributed by atoms with van der Waals surface area (Å²) in [6, 6.07) is 0.760. The fraction of sp³-hybridized carbons (Fsp3) is 0.615. The molecule has 0 fully saturated rings. The summed E-state index contributed by atoms with van der Waals surface area (Å²) >= 11 is 1.49. The SMILES string of the molecule is COCCCN/C=C(/C#N)C(=O)NC(CCSC)C(=O)O. The van der Waals surface area contributed by atoms with Gasteiger partial charge in [0, 0.05) is 26.5 Å². The van der Waals surface area contributed by atoms with Crippen LogP contribution in [0.1, 0.15) is 12.8 Å². The maximum Gasteiger partial charge on any atom is 0.326 e. The van der Waals surface area contributed by atoms with Gasteiger partial charge in [-0.2, -0.15) is 17.0 Å². The van der Waals surface area contributed by atoms with Crippen molar-refractivity contribution in [3.8, 4) is 6.07 Å². The Morgan fingerprint density at radius 3 is 2.76 bits per heavy atom. The van der Waals surface area contributed by atoms with E-state index in [0.717, 1.165) is 6.42 Å². The molecule has 0 radical (unpaired) electrons.